The average Bonchev–Trinajstić information content (AvgIpc) is 2.26. The molecule has 21 heavy (non-hydrogen) atoms. The Kier molecular flexibility index (Phi) is 4.81. The number of hydrogen-bond acceptors (Lipinski definition) is 4. The molecule has 2 atom stereocenters. The number of rotatable bonds is 3. The van der Waals surface area contributed by atoms with Crippen molar-refractivity contribution in [2.45, 2.75) is 6.92 Å². The van der Waals surface area contributed by atoms with Gasteiger partial charge >= 0.3 is 0 Å². The van der Waals surface area contributed by atoms with E-state index in [0.717, 1.165) is 11.3 Å². The maximum absolute atomic E-state index is 6.14. The molecular weight excluding hydrogens is 319 g/mol. The van der Waals surface area contributed by atoms with Crippen molar-refractivity contribution in [3.8, 4) is 5.75 Å². The lowest BCUT2D eigenvalue weighted by Crippen LogP contribution is -2.35. The Bertz CT molecular complexity index is 666. The summed E-state index contributed by atoms with van der Waals surface area (Å²) in [4.78, 5) is 10.4. The summed E-state index contributed by atoms with van der Waals surface area (Å²) < 4.78 is 6.14. The van der Waals surface area contributed by atoms with Gasteiger partial charge in [0.25, 0.3) is 0 Å². The van der Waals surface area contributed by atoms with Crippen LogP contribution in [0.25, 0.3) is 6.08 Å². The van der Waals surface area contributed by atoms with Gasteiger partial charge in [-0.2, -0.15) is 0 Å². The highest BCUT2D eigenvalue weighted by atomic mass is 31.3. The first-order valence-corrected chi connectivity index (χ1v) is 13.3. The van der Waals surface area contributed by atoms with Crippen LogP contribution < -0.4 is 19.1 Å². The fourth-order valence-electron chi connectivity index (χ4n) is 2.32. The van der Waals surface area contributed by atoms with Crippen LogP contribution in [0.4, 0.5) is 0 Å². The zero-order chi connectivity index (χ0) is 15.7. The van der Waals surface area contributed by atoms with Gasteiger partial charge in [0.05, 0.1) is 0 Å². The topological polar surface area (TPSA) is 45.3 Å². The minimum Gasteiger partial charge on any atom is -0.450 e. The molecule has 1 fully saturated rings. The lowest BCUT2D eigenvalue weighted by Gasteiger charge is -2.45. The minimum absolute atomic E-state index is 0.800. The van der Waals surface area contributed by atoms with Gasteiger partial charge in [-0.15, -0.1) is 0 Å². The van der Waals surface area contributed by atoms with Gasteiger partial charge in [-0.25, -0.2) is 9.72 Å². The summed E-state index contributed by atoms with van der Waals surface area (Å²) in [5.41, 5.74) is 1.15. The standard InChI is InChI=1S/C14H24N3OP3/c1-7-8-13-9-11-14(12-10-13)18-21(6)16-19(2,3)15-20(4,5)17-21/h7-12,15-17H,2,4,6H2,1,3,5H3. The Morgan fingerprint density at radius 3 is 1.95 bits per heavy atom. The van der Waals surface area contributed by atoms with E-state index in [0.29, 0.717) is 0 Å². The molecule has 1 saturated heterocycles. The summed E-state index contributed by atoms with van der Waals surface area (Å²) >= 11 is 0. The van der Waals surface area contributed by atoms with Crippen molar-refractivity contribution in [1.29, 1.82) is 0 Å². The molecule has 4 nitrogen and oxygen atoms in total. The number of benzene rings is 1. The van der Waals surface area contributed by atoms with Gasteiger partial charge in [0.2, 0.25) is 0 Å². The van der Waals surface area contributed by atoms with Crippen LogP contribution in [0.1, 0.15) is 12.5 Å². The molecule has 116 valence electrons. The van der Waals surface area contributed by atoms with Crippen LogP contribution in [0.3, 0.4) is 0 Å². The summed E-state index contributed by atoms with van der Waals surface area (Å²) in [7, 11) is -5.64. The zero-order valence-corrected chi connectivity index (χ0v) is 15.5. The van der Waals surface area contributed by atoms with Crippen molar-refractivity contribution in [3.05, 3.63) is 35.9 Å². The largest absolute Gasteiger partial charge is 0.450 e. The predicted molar refractivity (Wildman–Crippen MR) is 105 cm³/mol. The van der Waals surface area contributed by atoms with Crippen LogP contribution in [-0.2, 0) is 0 Å². The molecule has 1 aromatic rings. The van der Waals surface area contributed by atoms with Gasteiger partial charge in [0.15, 0.2) is 7.41 Å². The average molecular weight is 343 g/mol. The molecule has 7 heteroatoms. The molecule has 0 saturated carbocycles. The molecule has 1 aliphatic heterocycles. The SMILES string of the molecule is C=P1(C)NP(=C)(C)NP(=C)(Oc2ccc(C=CC)cc2)N1. The lowest BCUT2D eigenvalue weighted by molar-refractivity contribution is 0.602. The van der Waals surface area contributed by atoms with E-state index in [-0.39, 0.29) is 0 Å². The first kappa shape index (κ1) is 16.9. The first-order valence-electron chi connectivity index (χ1n) is 6.59. The fourth-order valence-corrected chi connectivity index (χ4v) is 14.5. The highest BCUT2D eigenvalue weighted by Crippen LogP contribution is 2.62. The van der Waals surface area contributed by atoms with Gasteiger partial charge in [0, 0.05) is 14.4 Å². The van der Waals surface area contributed by atoms with Gasteiger partial charge in [-0.3, -0.25) is 4.86 Å². The highest BCUT2D eigenvalue weighted by Gasteiger charge is 2.32. The molecular formula is C14H24N3OP3. The van der Waals surface area contributed by atoms with Crippen molar-refractivity contribution in [2.75, 3.05) is 13.3 Å². The van der Waals surface area contributed by atoms with Gasteiger partial charge in [-0.05, 0) is 44.2 Å². The van der Waals surface area contributed by atoms with Gasteiger partial charge in [-0.1, -0.05) is 36.9 Å². The number of allylic oxidation sites excluding steroid dienone is 1. The fraction of sp³-hybridized carbons (Fsp3) is 0.214. The monoisotopic (exact) mass is 343 g/mol. The second kappa shape index (κ2) is 5.97. The molecule has 2 unspecified atom stereocenters. The van der Waals surface area contributed by atoms with Crippen molar-refractivity contribution < 1.29 is 4.52 Å². The first-order chi connectivity index (χ1) is 9.63. The second-order valence-corrected chi connectivity index (χ2v) is 14.4. The third-order valence-electron chi connectivity index (χ3n) is 2.71. The van der Waals surface area contributed by atoms with Crippen molar-refractivity contribution >= 4 is 46.8 Å². The number of hydrogen-bond donors (Lipinski definition) is 3. The van der Waals surface area contributed by atoms with Crippen LogP contribution >= 0.6 is 21.8 Å². The van der Waals surface area contributed by atoms with E-state index in [1.165, 1.54) is 0 Å². The molecule has 3 N–H and O–H groups in total. The van der Waals surface area contributed by atoms with Crippen LogP contribution in [0, 0.1) is 0 Å². The third kappa shape index (κ3) is 4.76. The number of nitrogens with one attached hydrogen (secondary N) is 3. The van der Waals surface area contributed by atoms with E-state index in [9.17, 15) is 0 Å². The summed E-state index contributed by atoms with van der Waals surface area (Å²) in [5.74, 6) is 0.800. The molecule has 1 aromatic carbocycles. The van der Waals surface area contributed by atoms with E-state index in [1.807, 2.05) is 37.3 Å². The molecule has 2 rings (SSSR count). The summed E-state index contributed by atoms with van der Waals surface area (Å²) in [6.45, 7) is 6.16. The highest BCUT2D eigenvalue weighted by molar-refractivity contribution is 7.97. The third-order valence-corrected chi connectivity index (χ3v) is 12.9. The second-order valence-electron chi connectivity index (χ2n) is 5.58. The Labute approximate surface area is 128 Å². The molecule has 0 spiro atoms. The van der Waals surface area contributed by atoms with E-state index in [4.69, 9.17) is 4.52 Å². The van der Waals surface area contributed by atoms with Crippen LogP contribution in [0.5, 0.6) is 5.75 Å². The van der Waals surface area contributed by atoms with Gasteiger partial charge in [0.1, 0.15) is 5.75 Å². The lowest BCUT2D eigenvalue weighted by atomic mass is 10.2. The van der Waals surface area contributed by atoms with E-state index >= 15 is 0 Å². The quantitative estimate of drug-likeness (QED) is 0.729. The molecule has 0 amide bonds. The van der Waals surface area contributed by atoms with Crippen LogP contribution in [0.2, 0.25) is 0 Å². The summed E-state index contributed by atoms with van der Waals surface area (Å²) in [6, 6.07) is 7.98. The Morgan fingerprint density at radius 1 is 0.952 bits per heavy atom. The maximum atomic E-state index is 6.14. The normalized spacial score (nSPS) is 36.7. The van der Waals surface area contributed by atoms with E-state index < -0.39 is 21.8 Å². The Balaban J connectivity index is 2.23. The molecule has 0 radical (unpaired) electrons. The molecule has 0 aliphatic carbocycles. The predicted octanol–water partition coefficient (Wildman–Crippen LogP) is 3.89. The van der Waals surface area contributed by atoms with Crippen LogP contribution in [-0.4, -0.2) is 32.2 Å². The molecule has 0 aromatic heterocycles. The smallest absolute Gasteiger partial charge is 0.184 e. The minimum atomic E-state index is -2.22. The maximum Gasteiger partial charge on any atom is 0.184 e. The Morgan fingerprint density at radius 2 is 1.48 bits per heavy atom. The molecule has 0 bridgehead atoms. The zero-order valence-electron chi connectivity index (χ0n) is 12.8. The summed E-state index contributed by atoms with van der Waals surface area (Å²) in [6.07, 6.45) is 16.8. The molecule has 1 heterocycles. The molecule has 1 aliphatic rings. The van der Waals surface area contributed by atoms with Crippen molar-refractivity contribution in [3.63, 3.8) is 0 Å². The summed E-state index contributed by atoms with van der Waals surface area (Å²) in [5, 5.41) is 0. The Hall–Kier alpha value is -0.460. The van der Waals surface area contributed by atoms with Gasteiger partial charge < -0.3 is 4.52 Å². The van der Waals surface area contributed by atoms with E-state index in [2.05, 4.69) is 52.9 Å². The van der Waals surface area contributed by atoms with Crippen molar-refractivity contribution in [2.24, 2.45) is 0 Å². The van der Waals surface area contributed by atoms with E-state index in [1.54, 1.807) is 0 Å². The van der Waals surface area contributed by atoms with Crippen molar-refractivity contribution in [1.82, 2.24) is 14.6 Å². The van der Waals surface area contributed by atoms with Crippen LogP contribution in [0.15, 0.2) is 30.3 Å².